The normalized spacial score (nSPS) is 18.9. The molecule has 1 aromatic rings. The molecule has 1 unspecified atom stereocenters. The van der Waals surface area contributed by atoms with Crippen molar-refractivity contribution < 1.29 is 8.78 Å². The van der Waals surface area contributed by atoms with Gasteiger partial charge in [0.2, 0.25) is 0 Å². The summed E-state index contributed by atoms with van der Waals surface area (Å²) in [5, 5.41) is 0. The second-order valence-electron chi connectivity index (χ2n) is 5.13. The quantitative estimate of drug-likeness (QED) is 0.859. The fourth-order valence-electron chi connectivity index (χ4n) is 2.81. The molecule has 2 rings (SSSR count). The topological polar surface area (TPSA) is 26.0 Å². The molecule has 2 N–H and O–H groups in total. The van der Waals surface area contributed by atoms with Crippen LogP contribution in [0.2, 0.25) is 0 Å². The lowest BCUT2D eigenvalue weighted by Gasteiger charge is -2.25. The SMILES string of the molecule is NC(CC1CCCCC1)c1c(F)cc(Br)cc1F. The largest absolute Gasteiger partial charge is 0.324 e. The Morgan fingerprint density at radius 3 is 2.28 bits per heavy atom. The molecule has 0 spiro atoms. The summed E-state index contributed by atoms with van der Waals surface area (Å²) >= 11 is 3.07. The molecular formula is C14H18BrF2N. The highest BCUT2D eigenvalue weighted by Gasteiger charge is 2.22. The summed E-state index contributed by atoms with van der Waals surface area (Å²) in [5.41, 5.74) is 6.01. The maximum Gasteiger partial charge on any atom is 0.132 e. The molecule has 1 aromatic carbocycles. The predicted octanol–water partition coefficient (Wildman–Crippen LogP) is 4.70. The summed E-state index contributed by atoms with van der Waals surface area (Å²) < 4.78 is 27.9. The van der Waals surface area contributed by atoms with Crippen LogP contribution in [0, 0.1) is 17.6 Å². The molecule has 1 saturated carbocycles. The number of hydrogen-bond acceptors (Lipinski definition) is 1. The summed E-state index contributed by atoms with van der Waals surface area (Å²) in [6.45, 7) is 0. The van der Waals surface area contributed by atoms with E-state index in [-0.39, 0.29) is 5.56 Å². The second kappa shape index (κ2) is 6.11. The summed E-state index contributed by atoms with van der Waals surface area (Å²) in [6.07, 6.45) is 6.63. The maximum atomic E-state index is 13.8. The zero-order valence-electron chi connectivity index (χ0n) is 10.3. The van der Waals surface area contributed by atoms with Gasteiger partial charge in [-0.25, -0.2) is 8.78 Å². The standard InChI is InChI=1S/C14H18BrF2N/c15-10-7-11(16)14(12(17)8-10)13(18)6-9-4-2-1-3-5-9/h7-9,13H,1-6,18H2. The fraction of sp³-hybridized carbons (Fsp3) is 0.571. The maximum absolute atomic E-state index is 13.8. The fourth-order valence-corrected chi connectivity index (χ4v) is 3.21. The first-order valence-electron chi connectivity index (χ1n) is 6.48. The molecule has 0 amide bonds. The van der Waals surface area contributed by atoms with E-state index in [2.05, 4.69) is 15.9 Å². The molecule has 1 fully saturated rings. The minimum absolute atomic E-state index is 0.0313. The van der Waals surface area contributed by atoms with E-state index in [4.69, 9.17) is 5.73 Å². The second-order valence-corrected chi connectivity index (χ2v) is 6.05. The van der Waals surface area contributed by atoms with E-state index in [1.807, 2.05) is 0 Å². The summed E-state index contributed by atoms with van der Waals surface area (Å²) in [7, 11) is 0. The van der Waals surface area contributed by atoms with E-state index in [0.29, 0.717) is 16.8 Å². The molecule has 18 heavy (non-hydrogen) atoms. The van der Waals surface area contributed by atoms with Crippen molar-refractivity contribution in [3.8, 4) is 0 Å². The highest BCUT2D eigenvalue weighted by molar-refractivity contribution is 9.10. The van der Waals surface area contributed by atoms with Crippen molar-refractivity contribution in [2.75, 3.05) is 0 Å². The van der Waals surface area contributed by atoms with E-state index >= 15 is 0 Å². The predicted molar refractivity (Wildman–Crippen MR) is 72.2 cm³/mol. The van der Waals surface area contributed by atoms with Crippen LogP contribution in [0.25, 0.3) is 0 Å². The van der Waals surface area contributed by atoms with Crippen molar-refractivity contribution in [3.05, 3.63) is 33.8 Å². The first kappa shape index (κ1) is 13.9. The van der Waals surface area contributed by atoms with Crippen molar-refractivity contribution in [1.82, 2.24) is 0 Å². The smallest absolute Gasteiger partial charge is 0.132 e. The molecule has 0 radical (unpaired) electrons. The molecule has 100 valence electrons. The van der Waals surface area contributed by atoms with Crippen molar-refractivity contribution in [2.45, 2.75) is 44.6 Å². The third-order valence-electron chi connectivity index (χ3n) is 3.73. The molecule has 1 aliphatic rings. The lowest BCUT2D eigenvalue weighted by Crippen LogP contribution is -2.19. The van der Waals surface area contributed by atoms with Crippen LogP contribution in [0.3, 0.4) is 0 Å². The molecule has 0 saturated heterocycles. The van der Waals surface area contributed by atoms with E-state index in [9.17, 15) is 8.78 Å². The van der Waals surface area contributed by atoms with Crippen molar-refractivity contribution >= 4 is 15.9 Å². The molecule has 1 aliphatic carbocycles. The summed E-state index contributed by atoms with van der Waals surface area (Å²) in [5.74, 6) is -0.591. The van der Waals surface area contributed by atoms with Gasteiger partial charge in [0, 0.05) is 16.1 Å². The number of rotatable bonds is 3. The Labute approximate surface area is 115 Å². The van der Waals surface area contributed by atoms with Crippen molar-refractivity contribution in [3.63, 3.8) is 0 Å². The van der Waals surface area contributed by atoms with Gasteiger partial charge in [-0.15, -0.1) is 0 Å². The minimum Gasteiger partial charge on any atom is -0.324 e. The first-order valence-corrected chi connectivity index (χ1v) is 7.27. The van der Waals surface area contributed by atoms with Gasteiger partial charge in [0.25, 0.3) is 0 Å². The van der Waals surface area contributed by atoms with Gasteiger partial charge in [0.1, 0.15) is 11.6 Å². The average Bonchev–Trinajstić information content (AvgIpc) is 2.28. The van der Waals surface area contributed by atoms with Crippen LogP contribution in [0.4, 0.5) is 8.78 Å². The van der Waals surface area contributed by atoms with Crippen molar-refractivity contribution in [1.29, 1.82) is 0 Å². The van der Waals surface area contributed by atoms with Crippen molar-refractivity contribution in [2.24, 2.45) is 11.7 Å². The molecular weight excluding hydrogens is 300 g/mol. The van der Waals surface area contributed by atoms with Gasteiger partial charge in [0.05, 0.1) is 0 Å². The molecule has 1 atom stereocenters. The Hall–Kier alpha value is -0.480. The van der Waals surface area contributed by atoms with Gasteiger partial charge in [-0.05, 0) is 24.5 Å². The van der Waals surface area contributed by atoms with Gasteiger partial charge in [0.15, 0.2) is 0 Å². The Morgan fingerprint density at radius 2 is 1.72 bits per heavy atom. The number of benzene rings is 1. The molecule has 0 bridgehead atoms. The van der Waals surface area contributed by atoms with E-state index in [0.717, 1.165) is 12.8 Å². The lowest BCUT2D eigenvalue weighted by atomic mass is 9.83. The Kier molecular flexibility index (Phi) is 4.73. The molecule has 1 nitrogen and oxygen atoms in total. The van der Waals surface area contributed by atoms with Gasteiger partial charge in [-0.3, -0.25) is 0 Å². The molecule has 4 heteroatoms. The number of nitrogens with two attached hydrogens (primary N) is 1. The van der Waals surface area contributed by atoms with Crippen LogP contribution in [0.5, 0.6) is 0 Å². The van der Waals surface area contributed by atoms with Crippen LogP contribution in [-0.4, -0.2) is 0 Å². The molecule has 0 heterocycles. The monoisotopic (exact) mass is 317 g/mol. The summed E-state index contributed by atoms with van der Waals surface area (Å²) in [4.78, 5) is 0. The minimum atomic E-state index is -0.551. The summed E-state index contributed by atoms with van der Waals surface area (Å²) in [6, 6.07) is 2.01. The number of halogens is 3. The Morgan fingerprint density at radius 1 is 1.17 bits per heavy atom. The third-order valence-corrected chi connectivity index (χ3v) is 4.18. The van der Waals surface area contributed by atoms with E-state index in [1.165, 1.54) is 31.4 Å². The van der Waals surface area contributed by atoms with Crippen LogP contribution >= 0.6 is 15.9 Å². The van der Waals surface area contributed by atoms with Crippen LogP contribution in [-0.2, 0) is 0 Å². The zero-order chi connectivity index (χ0) is 13.1. The van der Waals surface area contributed by atoms with E-state index in [1.54, 1.807) is 0 Å². The average molecular weight is 318 g/mol. The highest BCUT2D eigenvalue weighted by Crippen LogP contribution is 2.33. The highest BCUT2D eigenvalue weighted by atomic mass is 79.9. The molecule has 0 aliphatic heterocycles. The van der Waals surface area contributed by atoms with Gasteiger partial charge >= 0.3 is 0 Å². The Bertz CT molecular complexity index is 393. The third kappa shape index (κ3) is 3.29. The number of hydrogen-bond donors (Lipinski definition) is 1. The lowest BCUT2D eigenvalue weighted by molar-refractivity contribution is 0.314. The van der Waals surface area contributed by atoms with Crippen LogP contribution in [0.1, 0.15) is 50.1 Å². The molecule has 0 aromatic heterocycles. The van der Waals surface area contributed by atoms with Gasteiger partial charge in [-0.2, -0.15) is 0 Å². The Balaban J connectivity index is 2.10. The first-order chi connectivity index (χ1) is 8.58. The van der Waals surface area contributed by atoms with Gasteiger partial charge in [-0.1, -0.05) is 48.0 Å². The van der Waals surface area contributed by atoms with Gasteiger partial charge < -0.3 is 5.73 Å². The van der Waals surface area contributed by atoms with Crippen LogP contribution in [0.15, 0.2) is 16.6 Å². The van der Waals surface area contributed by atoms with E-state index < -0.39 is 17.7 Å². The van der Waals surface area contributed by atoms with Crippen LogP contribution < -0.4 is 5.73 Å². The zero-order valence-corrected chi connectivity index (χ0v) is 11.8.